The molecule has 0 saturated carbocycles. The summed E-state index contributed by atoms with van der Waals surface area (Å²) in [5.41, 5.74) is 6.30. The maximum absolute atomic E-state index is 11.6. The number of rotatable bonds is 4. The summed E-state index contributed by atoms with van der Waals surface area (Å²) in [5.74, 6) is -0.193. The fourth-order valence-electron chi connectivity index (χ4n) is 1.19. The topological polar surface area (TPSA) is 98.7 Å². The number of carbonyl (C=O) groups excluding carboxylic acids is 1. The number of hydrogen-bond acceptors (Lipinski definition) is 6. The third-order valence-electron chi connectivity index (χ3n) is 2.01. The first-order chi connectivity index (χ1) is 8.15. The van der Waals surface area contributed by atoms with Gasteiger partial charge in [-0.05, 0) is 6.92 Å². The van der Waals surface area contributed by atoms with Gasteiger partial charge in [-0.25, -0.2) is 9.67 Å². The van der Waals surface area contributed by atoms with Crippen LogP contribution in [0.5, 0.6) is 0 Å². The number of anilines is 1. The van der Waals surface area contributed by atoms with Crippen molar-refractivity contribution in [3.63, 3.8) is 0 Å². The average Bonchev–Trinajstić information content (AvgIpc) is 2.88. The van der Waals surface area contributed by atoms with E-state index in [1.807, 2.05) is 6.92 Å². The number of nitrogens with two attached hydrogens (primary N) is 1. The van der Waals surface area contributed by atoms with Crippen LogP contribution in [-0.4, -0.2) is 25.9 Å². The van der Waals surface area contributed by atoms with Gasteiger partial charge in [0, 0.05) is 17.6 Å². The molecule has 8 heteroatoms. The summed E-state index contributed by atoms with van der Waals surface area (Å²) in [5, 5.41) is 12.7. The highest BCUT2D eigenvalue weighted by Gasteiger charge is 2.09. The lowest BCUT2D eigenvalue weighted by Gasteiger charge is -2.00. The van der Waals surface area contributed by atoms with Gasteiger partial charge in [0.15, 0.2) is 5.13 Å². The quantitative estimate of drug-likeness (QED) is 0.820. The Bertz CT molecular complexity index is 491. The van der Waals surface area contributed by atoms with Crippen molar-refractivity contribution in [1.82, 2.24) is 20.0 Å². The Morgan fingerprint density at radius 3 is 3.12 bits per heavy atom. The predicted molar refractivity (Wildman–Crippen MR) is 63.4 cm³/mol. The predicted octanol–water partition coefficient (Wildman–Crippen LogP) is 0.393. The van der Waals surface area contributed by atoms with Crippen molar-refractivity contribution in [2.75, 3.05) is 5.32 Å². The third kappa shape index (κ3) is 3.08. The Labute approximate surface area is 102 Å². The van der Waals surface area contributed by atoms with Gasteiger partial charge in [-0.15, -0.1) is 16.4 Å². The second kappa shape index (κ2) is 5.02. The molecule has 2 aromatic heterocycles. The standard InChI is InChI=1S/C9H12N6OS/c1-6(10)7-4-15(14-13-7)5-8(16)12-9-11-2-3-17-9/h2-4,6H,5,10H2,1H3,(H,11,12,16). The number of amides is 1. The number of aromatic nitrogens is 4. The highest BCUT2D eigenvalue weighted by atomic mass is 32.1. The van der Waals surface area contributed by atoms with Gasteiger partial charge in [-0.1, -0.05) is 5.21 Å². The number of thiazole rings is 1. The van der Waals surface area contributed by atoms with Crippen LogP contribution in [0.15, 0.2) is 17.8 Å². The lowest BCUT2D eigenvalue weighted by molar-refractivity contribution is -0.116. The van der Waals surface area contributed by atoms with Gasteiger partial charge < -0.3 is 11.1 Å². The smallest absolute Gasteiger partial charge is 0.247 e. The van der Waals surface area contributed by atoms with E-state index in [1.54, 1.807) is 17.8 Å². The normalized spacial score (nSPS) is 12.4. The van der Waals surface area contributed by atoms with Gasteiger partial charge in [0.2, 0.25) is 5.91 Å². The molecule has 1 atom stereocenters. The summed E-state index contributed by atoms with van der Waals surface area (Å²) in [6, 6.07) is -0.189. The molecule has 1 amide bonds. The van der Waals surface area contributed by atoms with Crippen LogP contribution in [0.1, 0.15) is 18.7 Å². The van der Waals surface area contributed by atoms with Gasteiger partial charge in [0.1, 0.15) is 6.54 Å². The van der Waals surface area contributed by atoms with E-state index >= 15 is 0 Å². The summed E-state index contributed by atoms with van der Waals surface area (Å²) in [7, 11) is 0. The van der Waals surface area contributed by atoms with E-state index < -0.39 is 0 Å². The van der Waals surface area contributed by atoms with Gasteiger partial charge in [-0.2, -0.15) is 0 Å². The summed E-state index contributed by atoms with van der Waals surface area (Å²) in [6.07, 6.45) is 3.29. The molecule has 1 unspecified atom stereocenters. The maximum atomic E-state index is 11.6. The first-order valence-corrected chi connectivity index (χ1v) is 5.88. The lowest BCUT2D eigenvalue weighted by atomic mass is 10.3. The molecule has 0 aliphatic heterocycles. The SMILES string of the molecule is CC(N)c1cn(CC(=O)Nc2nccs2)nn1. The van der Waals surface area contributed by atoms with Crippen LogP contribution in [0, 0.1) is 0 Å². The number of nitrogens with one attached hydrogen (secondary N) is 1. The molecule has 0 bridgehead atoms. The van der Waals surface area contributed by atoms with E-state index in [2.05, 4.69) is 20.6 Å². The van der Waals surface area contributed by atoms with Crippen LogP contribution in [0.4, 0.5) is 5.13 Å². The van der Waals surface area contributed by atoms with Crippen molar-refractivity contribution >= 4 is 22.4 Å². The van der Waals surface area contributed by atoms with Crippen LogP contribution < -0.4 is 11.1 Å². The maximum Gasteiger partial charge on any atom is 0.247 e. The zero-order chi connectivity index (χ0) is 12.3. The van der Waals surface area contributed by atoms with Crippen molar-refractivity contribution < 1.29 is 4.79 Å². The van der Waals surface area contributed by atoms with E-state index in [0.29, 0.717) is 10.8 Å². The molecule has 2 aromatic rings. The Morgan fingerprint density at radius 2 is 2.53 bits per heavy atom. The summed E-state index contributed by atoms with van der Waals surface area (Å²) in [4.78, 5) is 15.5. The molecule has 3 N–H and O–H groups in total. The van der Waals surface area contributed by atoms with E-state index in [-0.39, 0.29) is 18.5 Å². The molecule has 2 heterocycles. The van der Waals surface area contributed by atoms with Crippen LogP contribution >= 0.6 is 11.3 Å². The first kappa shape index (κ1) is 11.7. The molecule has 17 heavy (non-hydrogen) atoms. The van der Waals surface area contributed by atoms with Gasteiger partial charge in [0.25, 0.3) is 0 Å². The largest absolute Gasteiger partial charge is 0.323 e. The zero-order valence-corrected chi connectivity index (χ0v) is 10.0. The second-order valence-electron chi connectivity index (χ2n) is 3.52. The highest BCUT2D eigenvalue weighted by Crippen LogP contribution is 2.10. The Balaban J connectivity index is 1.93. The molecule has 0 aromatic carbocycles. The van der Waals surface area contributed by atoms with Crippen molar-refractivity contribution in [2.45, 2.75) is 19.5 Å². The number of carbonyl (C=O) groups is 1. The molecule has 7 nitrogen and oxygen atoms in total. The molecule has 90 valence electrons. The molecule has 0 saturated heterocycles. The van der Waals surface area contributed by atoms with Crippen molar-refractivity contribution in [1.29, 1.82) is 0 Å². The minimum absolute atomic E-state index is 0.0965. The van der Waals surface area contributed by atoms with Crippen molar-refractivity contribution in [3.8, 4) is 0 Å². The van der Waals surface area contributed by atoms with Crippen LogP contribution in [0.3, 0.4) is 0 Å². The van der Waals surface area contributed by atoms with Gasteiger partial charge in [-0.3, -0.25) is 4.79 Å². The lowest BCUT2D eigenvalue weighted by Crippen LogP contribution is -2.19. The van der Waals surface area contributed by atoms with E-state index in [4.69, 9.17) is 5.73 Å². The first-order valence-electron chi connectivity index (χ1n) is 5.00. The Kier molecular flexibility index (Phi) is 3.45. The number of nitrogens with zero attached hydrogens (tertiary/aromatic N) is 4. The third-order valence-corrected chi connectivity index (χ3v) is 2.70. The molecule has 0 fully saturated rings. The monoisotopic (exact) mass is 252 g/mol. The van der Waals surface area contributed by atoms with Crippen LogP contribution in [0.2, 0.25) is 0 Å². The van der Waals surface area contributed by atoms with Gasteiger partial charge in [0.05, 0.1) is 11.9 Å². The molecule has 0 radical (unpaired) electrons. The Hall–Kier alpha value is -1.80. The summed E-state index contributed by atoms with van der Waals surface area (Å²) >= 11 is 1.36. The van der Waals surface area contributed by atoms with E-state index in [1.165, 1.54) is 16.0 Å². The molecule has 0 spiro atoms. The molecule has 0 aliphatic carbocycles. The van der Waals surface area contributed by atoms with Crippen LogP contribution in [-0.2, 0) is 11.3 Å². The van der Waals surface area contributed by atoms with E-state index in [0.717, 1.165) is 0 Å². The zero-order valence-electron chi connectivity index (χ0n) is 9.20. The fourth-order valence-corrected chi connectivity index (χ4v) is 1.74. The van der Waals surface area contributed by atoms with Crippen LogP contribution in [0.25, 0.3) is 0 Å². The van der Waals surface area contributed by atoms with E-state index in [9.17, 15) is 4.79 Å². The molecule has 2 rings (SSSR count). The minimum Gasteiger partial charge on any atom is -0.323 e. The fraction of sp³-hybridized carbons (Fsp3) is 0.333. The summed E-state index contributed by atoms with van der Waals surface area (Å²) in [6.45, 7) is 1.91. The second-order valence-corrected chi connectivity index (χ2v) is 4.41. The molecular formula is C9H12N6OS. The van der Waals surface area contributed by atoms with Gasteiger partial charge >= 0.3 is 0 Å². The summed E-state index contributed by atoms with van der Waals surface area (Å²) < 4.78 is 1.45. The molecule has 0 aliphatic rings. The number of hydrogen-bond donors (Lipinski definition) is 2. The minimum atomic E-state index is -0.193. The van der Waals surface area contributed by atoms with Crippen molar-refractivity contribution in [2.24, 2.45) is 5.73 Å². The highest BCUT2D eigenvalue weighted by molar-refractivity contribution is 7.13. The molecular weight excluding hydrogens is 240 g/mol. The van der Waals surface area contributed by atoms with Crippen molar-refractivity contribution in [3.05, 3.63) is 23.5 Å². The Morgan fingerprint density at radius 1 is 1.71 bits per heavy atom. The average molecular weight is 252 g/mol.